The minimum Gasteiger partial charge on any atom is -0.316 e. The van der Waals surface area contributed by atoms with Crippen LogP contribution in [-0.4, -0.2) is 25.7 Å². The Hall–Kier alpha value is -0.420. The van der Waals surface area contributed by atoms with Crippen LogP contribution in [0, 0.1) is 0 Å². The maximum Gasteiger partial charge on any atom is 0.279 e. The highest BCUT2D eigenvalue weighted by Crippen LogP contribution is 2.35. The van der Waals surface area contributed by atoms with Crippen molar-refractivity contribution in [3.8, 4) is 0 Å². The predicted molar refractivity (Wildman–Crippen MR) is 91.7 cm³/mol. The molecule has 2 aromatic rings. The number of rotatable bonds is 5. The summed E-state index contributed by atoms with van der Waals surface area (Å²) < 4.78 is 29.6. The van der Waals surface area contributed by atoms with Crippen molar-refractivity contribution in [3.63, 3.8) is 0 Å². The van der Waals surface area contributed by atoms with Crippen LogP contribution in [0.5, 0.6) is 0 Å². The lowest BCUT2D eigenvalue weighted by atomic mass is 10.3. The first-order valence-electron chi connectivity index (χ1n) is 5.69. The summed E-state index contributed by atoms with van der Waals surface area (Å²) in [5.41, 5.74) is 0.984. The molecule has 0 spiro atoms. The SMILES string of the molecule is CNCc1cn[nH]c1S(=O)(=O)Nc1c(Br)cc(Br)cc1Br. The van der Waals surface area contributed by atoms with E-state index < -0.39 is 10.0 Å². The molecule has 0 aliphatic rings. The van der Waals surface area contributed by atoms with Crippen LogP contribution in [0.15, 0.2) is 36.8 Å². The summed E-state index contributed by atoms with van der Waals surface area (Å²) in [6.45, 7) is 0.398. The third-order valence-corrected chi connectivity index (χ3v) is 5.63. The third-order valence-electron chi connectivity index (χ3n) is 2.56. The van der Waals surface area contributed by atoms with Crippen LogP contribution < -0.4 is 10.0 Å². The molecule has 0 bridgehead atoms. The number of nitrogens with one attached hydrogen (secondary N) is 3. The molecular formula is C11H11Br3N4O2S. The van der Waals surface area contributed by atoms with Gasteiger partial charge in [-0.2, -0.15) is 13.5 Å². The van der Waals surface area contributed by atoms with Crippen LogP contribution in [0.4, 0.5) is 5.69 Å². The van der Waals surface area contributed by atoms with Gasteiger partial charge < -0.3 is 5.32 Å². The van der Waals surface area contributed by atoms with Crippen LogP contribution in [0.1, 0.15) is 5.56 Å². The number of sulfonamides is 1. The first kappa shape index (κ1) is 16.9. The molecule has 1 aromatic heterocycles. The second-order valence-corrected chi connectivity index (χ2v) is 8.35. The number of H-pyrrole nitrogens is 1. The average molecular weight is 503 g/mol. The molecule has 114 valence electrons. The van der Waals surface area contributed by atoms with E-state index in [0.29, 0.717) is 26.7 Å². The van der Waals surface area contributed by atoms with E-state index in [-0.39, 0.29) is 5.03 Å². The summed E-state index contributed by atoms with van der Waals surface area (Å²) >= 11 is 10.0. The molecule has 0 saturated carbocycles. The zero-order valence-electron chi connectivity index (χ0n) is 10.7. The Morgan fingerprint density at radius 2 is 1.86 bits per heavy atom. The van der Waals surface area contributed by atoms with Gasteiger partial charge in [0.1, 0.15) is 0 Å². The highest BCUT2D eigenvalue weighted by atomic mass is 79.9. The zero-order valence-corrected chi connectivity index (χ0v) is 16.3. The van der Waals surface area contributed by atoms with Crippen molar-refractivity contribution in [1.29, 1.82) is 0 Å². The number of hydrogen-bond acceptors (Lipinski definition) is 4. The molecule has 1 heterocycles. The van der Waals surface area contributed by atoms with E-state index in [9.17, 15) is 8.42 Å². The quantitative estimate of drug-likeness (QED) is 0.586. The molecule has 0 aliphatic heterocycles. The van der Waals surface area contributed by atoms with Gasteiger partial charge in [-0.05, 0) is 51.0 Å². The number of anilines is 1. The van der Waals surface area contributed by atoms with E-state index in [0.717, 1.165) is 4.47 Å². The first-order valence-corrected chi connectivity index (χ1v) is 9.55. The van der Waals surface area contributed by atoms with Crippen molar-refractivity contribution in [2.24, 2.45) is 0 Å². The summed E-state index contributed by atoms with van der Waals surface area (Å²) in [5.74, 6) is 0. The fourth-order valence-electron chi connectivity index (χ4n) is 1.67. The topological polar surface area (TPSA) is 86.9 Å². The molecule has 0 saturated heterocycles. The Balaban J connectivity index is 2.40. The lowest BCUT2D eigenvalue weighted by Crippen LogP contribution is -2.17. The van der Waals surface area contributed by atoms with Gasteiger partial charge in [0.05, 0.1) is 11.9 Å². The molecule has 2 rings (SSSR count). The maximum atomic E-state index is 12.5. The monoisotopic (exact) mass is 500 g/mol. The Labute approximate surface area is 147 Å². The lowest BCUT2D eigenvalue weighted by Gasteiger charge is -2.12. The molecule has 0 atom stereocenters. The van der Waals surface area contributed by atoms with Crippen molar-refractivity contribution in [3.05, 3.63) is 37.3 Å². The normalized spacial score (nSPS) is 11.6. The first-order chi connectivity index (χ1) is 9.85. The Bertz CT molecular complexity index is 738. The maximum absolute atomic E-state index is 12.5. The number of aromatic amines is 1. The number of nitrogens with zero attached hydrogens (tertiary/aromatic N) is 1. The molecule has 0 amide bonds. The second-order valence-electron chi connectivity index (χ2n) is 4.10. The van der Waals surface area contributed by atoms with Gasteiger partial charge in [0.2, 0.25) is 0 Å². The van der Waals surface area contributed by atoms with Crippen molar-refractivity contribution in [1.82, 2.24) is 15.5 Å². The van der Waals surface area contributed by atoms with Crippen LogP contribution in [-0.2, 0) is 16.6 Å². The van der Waals surface area contributed by atoms with E-state index in [2.05, 4.69) is 68.0 Å². The summed E-state index contributed by atoms with van der Waals surface area (Å²) in [6, 6.07) is 3.51. The van der Waals surface area contributed by atoms with Crippen LogP contribution in [0.2, 0.25) is 0 Å². The molecule has 0 aliphatic carbocycles. The summed E-state index contributed by atoms with van der Waals surface area (Å²) in [7, 11) is -2.03. The van der Waals surface area contributed by atoms with Gasteiger partial charge in [-0.3, -0.25) is 9.82 Å². The smallest absolute Gasteiger partial charge is 0.279 e. The molecule has 6 nitrogen and oxygen atoms in total. The Kier molecular flexibility index (Phi) is 5.47. The van der Waals surface area contributed by atoms with Crippen molar-refractivity contribution in [2.75, 3.05) is 11.8 Å². The molecule has 10 heteroatoms. The second kappa shape index (κ2) is 6.78. The van der Waals surface area contributed by atoms with Gasteiger partial charge in [0.25, 0.3) is 10.0 Å². The fourth-order valence-corrected chi connectivity index (χ4v) is 5.63. The van der Waals surface area contributed by atoms with Gasteiger partial charge in [0, 0.05) is 25.5 Å². The van der Waals surface area contributed by atoms with Gasteiger partial charge in [-0.25, -0.2) is 0 Å². The Morgan fingerprint density at radius 1 is 1.24 bits per heavy atom. The Morgan fingerprint density at radius 3 is 2.43 bits per heavy atom. The van der Waals surface area contributed by atoms with E-state index >= 15 is 0 Å². The molecule has 0 unspecified atom stereocenters. The van der Waals surface area contributed by atoms with Gasteiger partial charge in [0.15, 0.2) is 5.03 Å². The van der Waals surface area contributed by atoms with E-state index in [4.69, 9.17) is 0 Å². The standard InChI is InChI=1S/C11H11Br3N4O2S/c1-15-4-6-5-16-17-11(6)21(19,20)18-10-8(13)2-7(12)3-9(10)14/h2-3,5,15,18H,4H2,1H3,(H,16,17). The molecule has 0 fully saturated rings. The minimum atomic E-state index is -3.76. The van der Waals surface area contributed by atoms with Crippen LogP contribution >= 0.6 is 47.8 Å². The largest absolute Gasteiger partial charge is 0.316 e. The van der Waals surface area contributed by atoms with Crippen LogP contribution in [0.25, 0.3) is 0 Å². The van der Waals surface area contributed by atoms with Crippen LogP contribution in [0.3, 0.4) is 0 Å². The molecular weight excluding hydrogens is 492 g/mol. The highest BCUT2D eigenvalue weighted by Gasteiger charge is 2.22. The third kappa shape index (κ3) is 3.86. The predicted octanol–water partition coefficient (Wildman–Crippen LogP) is 3.22. The molecule has 1 aromatic carbocycles. The van der Waals surface area contributed by atoms with E-state index in [1.54, 1.807) is 19.2 Å². The molecule has 21 heavy (non-hydrogen) atoms. The van der Waals surface area contributed by atoms with E-state index in [1.165, 1.54) is 6.20 Å². The van der Waals surface area contributed by atoms with Crippen molar-refractivity contribution >= 4 is 63.5 Å². The van der Waals surface area contributed by atoms with Crippen molar-refractivity contribution in [2.45, 2.75) is 11.6 Å². The van der Waals surface area contributed by atoms with Gasteiger partial charge >= 0.3 is 0 Å². The summed E-state index contributed by atoms with van der Waals surface area (Å²) in [6.07, 6.45) is 1.48. The number of aromatic nitrogens is 2. The summed E-state index contributed by atoms with van der Waals surface area (Å²) in [4.78, 5) is 0. The number of halogens is 3. The average Bonchev–Trinajstić information content (AvgIpc) is 2.83. The van der Waals surface area contributed by atoms with E-state index in [1.807, 2.05) is 0 Å². The van der Waals surface area contributed by atoms with Gasteiger partial charge in [-0.15, -0.1) is 0 Å². The molecule has 0 radical (unpaired) electrons. The lowest BCUT2D eigenvalue weighted by molar-refractivity contribution is 0.595. The number of benzene rings is 1. The zero-order chi connectivity index (χ0) is 15.6. The summed E-state index contributed by atoms with van der Waals surface area (Å²) in [5, 5.41) is 9.25. The highest BCUT2D eigenvalue weighted by molar-refractivity contribution is 9.11. The fraction of sp³-hybridized carbons (Fsp3) is 0.182. The molecule has 3 N–H and O–H groups in total. The minimum absolute atomic E-state index is 0.0403. The van der Waals surface area contributed by atoms with Gasteiger partial charge in [-0.1, -0.05) is 15.9 Å². The van der Waals surface area contributed by atoms with Crippen molar-refractivity contribution < 1.29 is 8.42 Å². The number of hydrogen-bond donors (Lipinski definition) is 3.